The number of nitrogens with zero attached hydrogens (tertiary/aromatic N) is 5. The molecule has 4 heterocycles. The molecule has 2 aromatic heterocycles. The van der Waals surface area contributed by atoms with Gasteiger partial charge in [0.15, 0.2) is 0 Å². The summed E-state index contributed by atoms with van der Waals surface area (Å²) < 4.78 is 75.9. The smallest absolute Gasteiger partial charge is 0.325 e. The van der Waals surface area contributed by atoms with E-state index in [0.29, 0.717) is 85.6 Å². The molecule has 8 rings (SSSR count). The highest BCUT2D eigenvalue weighted by Gasteiger charge is 2.31. The van der Waals surface area contributed by atoms with E-state index in [0.717, 1.165) is 33.6 Å². The Morgan fingerprint density at radius 1 is 0.647 bits per heavy atom. The minimum absolute atomic E-state index is 0.0949. The van der Waals surface area contributed by atoms with Gasteiger partial charge < -0.3 is 28.5 Å². The first kappa shape index (κ1) is 49.5. The van der Waals surface area contributed by atoms with Gasteiger partial charge >= 0.3 is 11.9 Å². The summed E-state index contributed by atoms with van der Waals surface area (Å²) in [6.45, 7) is 16.3. The van der Waals surface area contributed by atoms with Crippen LogP contribution in [0.2, 0.25) is 0 Å². The normalized spacial score (nSPS) is 14.7. The summed E-state index contributed by atoms with van der Waals surface area (Å²) >= 11 is 0. The zero-order chi connectivity index (χ0) is 48.4. The molecule has 0 saturated carbocycles. The summed E-state index contributed by atoms with van der Waals surface area (Å²) in [5, 5.41) is 9.53. The third kappa shape index (κ3) is 11.0. The van der Waals surface area contributed by atoms with Crippen LogP contribution in [0.1, 0.15) is 40.6 Å². The van der Waals surface area contributed by atoms with Crippen LogP contribution in [0.25, 0.3) is 27.4 Å². The molecule has 356 valence electrons. The first-order valence-electron chi connectivity index (χ1n) is 22.3. The lowest BCUT2D eigenvalue weighted by Gasteiger charge is -2.27. The van der Waals surface area contributed by atoms with Gasteiger partial charge in [-0.15, -0.1) is 0 Å². The molecule has 2 saturated heterocycles. The van der Waals surface area contributed by atoms with E-state index in [4.69, 9.17) is 20.8 Å². The number of carboxylic acids is 1. The molecule has 0 atom stereocenters. The van der Waals surface area contributed by atoms with Crippen molar-refractivity contribution in [3.8, 4) is 22.5 Å². The van der Waals surface area contributed by atoms with Gasteiger partial charge in [0.1, 0.15) is 13.1 Å². The molecular weight excluding hydrogens is 907 g/mol. The molecule has 1 N–H and O–H groups in total. The summed E-state index contributed by atoms with van der Waals surface area (Å²) in [5.41, 5.74) is 7.90. The summed E-state index contributed by atoms with van der Waals surface area (Å²) in [6.07, 6.45) is 0.622. The van der Waals surface area contributed by atoms with Crippen molar-refractivity contribution in [1.82, 2.24) is 17.7 Å². The average molecular weight is 962 g/mol. The summed E-state index contributed by atoms with van der Waals surface area (Å²) in [7, 11) is -7.38. The van der Waals surface area contributed by atoms with Crippen LogP contribution in [-0.2, 0) is 69.8 Å². The second-order valence-corrected chi connectivity index (χ2v) is 20.0. The van der Waals surface area contributed by atoms with Crippen molar-refractivity contribution in [2.45, 2.75) is 56.5 Å². The Morgan fingerprint density at radius 3 is 1.63 bits per heavy atom. The summed E-state index contributed by atoms with van der Waals surface area (Å²) in [5.74, 6) is -1.33. The Hall–Kier alpha value is -6.39. The quantitative estimate of drug-likeness (QED) is 0.0811. The lowest BCUT2D eigenvalue weighted by molar-refractivity contribution is -0.143. The molecule has 0 spiro atoms. The largest absolute Gasteiger partial charge is 0.480 e. The predicted molar refractivity (Wildman–Crippen MR) is 257 cm³/mol. The molecule has 2 fully saturated rings. The molecule has 0 bridgehead atoms. The molecule has 17 heteroatoms. The van der Waals surface area contributed by atoms with Gasteiger partial charge in [-0.05, 0) is 78.8 Å². The fraction of sp³-hybridized carbons (Fsp3) is 0.314. The number of esters is 1. The van der Waals surface area contributed by atoms with Crippen LogP contribution in [0.4, 0.5) is 5.69 Å². The van der Waals surface area contributed by atoms with Crippen LogP contribution in [0.15, 0.2) is 125 Å². The highest BCUT2D eigenvalue weighted by molar-refractivity contribution is 7.89. The summed E-state index contributed by atoms with van der Waals surface area (Å²) in [6, 6.07) is 35.0. The molecule has 0 amide bonds. The monoisotopic (exact) mass is 961 g/mol. The minimum atomic E-state index is -3.74. The van der Waals surface area contributed by atoms with E-state index in [-0.39, 0.29) is 43.5 Å². The van der Waals surface area contributed by atoms with Crippen molar-refractivity contribution in [2.24, 2.45) is 0 Å². The van der Waals surface area contributed by atoms with Crippen LogP contribution in [0, 0.1) is 20.4 Å². The fourth-order valence-corrected chi connectivity index (χ4v) is 11.9. The Bertz CT molecular complexity index is 3000. The second-order valence-electron chi connectivity index (χ2n) is 16.2. The van der Waals surface area contributed by atoms with Crippen LogP contribution >= 0.6 is 0 Å². The van der Waals surface area contributed by atoms with Gasteiger partial charge in [-0.25, -0.2) is 21.7 Å². The topological polar surface area (TPSA) is 171 Å². The van der Waals surface area contributed by atoms with Gasteiger partial charge in [0.25, 0.3) is 0 Å². The van der Waals surface area contributed by atoms with Gasteiger partial charge in [0, 0.05) is 49.7 Å². The third-order valence-electron chi connectivity index (χ3n) is 12.1. The molecule has 68 heavy (non-hydrogen) atoms. The lowest BCUT2D eigenvalue weighted by Crippen LogP contribution is -2.40. The van der Waals surface area contributed by atoms with Crippen molar-refractivity contribution in [2.75, 3.05) is 59.2 Å². The van der Waals surface area contributed by atoms with E-state index in [9.17, 15) is 31.5 Å². The highest BCUT2D eigenvalue weighted by atomic mass is 32.2. The standard InChI is InChI=1S/C26H30N2O5S.C25H25N3O5S/c1-3-33-26(29)19-28-20(2)23(18-24(28)21-9-5-4-6-10-21)17-22-11-7-8-12-25(22)34(30,31)27-13-15-32-16-14-27;1-18-21(24(26-2)25(28(18)17-23(29)30)19-8-4-3-5-9-19)16-20-10-6-7-11-22(20)34(31,32)27-12-14-33-15-13-27/h4-12,18H,3,13-17,19H2,1-2H3;3-11H,12-17H2,1H3,(H,29,30). The molecule has 6 aromatic rings. The van der Waals surface area contributed by atoms with E-state index in [1.54, 1.807) is 54.8 Å². The van der Waals surface area contributed by atoms with Gasteiger partial charge in [0.2, 0.25) is 25.7 Å². The lowest BCUT2D eigenvalue weighted by atomic mass is 10.0. The Kier molecular flexibility index (Phi) is 16.1. The van der Waals surface area contributed by atoms with Crippen LogP contribution in [0.3, 0.4) is 0 Å². The van der Waals surface area contributed by atoms with Crippen molar-refractivity contribution < 1.29 is 45.7 Å². The molecule has 0 radical (unpaired) electrons. The number of sulfonamides is 2. The zero-order valence-electron chi connectivity index (χ0n) is 38.3. The van der Waals surface area contributed by atoms with Crippen LogP contribution < -0.4 is 0 Å². The van der Waals surface area contributed by atoms with Crippen molar-refractivity contribution in [1.29, 1.82) is 0 Å². The molecule has 2 aliphatic heterocycles. The molecule has 15 nitrogen and oxygen atoms in total. The van der Waals surface area contributed by atoms with Gasteiger partial charge in [-0.2, -0.15) is 8.61 Å². The van der Waals surface area contributed by atoms with E-state index >= 15 is 0 Å². The van der Waals surface area contributed by atoms with Crippen LogP contribution in [0.5, 0.6) is 0 Å². The van der Waals surface area contributed by atoms with Crippen molar-refractivity contribution >= 4 is 37.7 Å². The number of ether oxygens (including phenoxy) is 3. The first-order valence-corrected chi connectivity index (χ1v) is 25.2. The Labute approximate surface area is 398 Å². The fourth-order valence-electron chi connectivity index (χ4n) is 8.64. The number of aromatic nitrogens is 2. The van der Waals surface area contributed by atoms with Crippen LogP contribution in [-0.4, -0.2) is 111 Å². The molecular formula is C51H55N5O10S2. The van der Waals surface area contributed by atoms with Gasteiger partial charge in [-0.1, -0.05) is 97.1 Å². The maximum atomic E-state index is 13.4. The Balaban J connectivity index is 0.000000201. The first-order chi connectivity index (χ1) is 32.8. The minimum Gasteiger partial charge on any atom is -0.480 e. The van der Waals surface area contributed by atoms with Gasteiger partial charge in [0.05, 0.1) is 55.1 Å². The van der Waals surface area contributed by atoms with E-state index < -0.39 is 26.0 Å². The Morgan fingerprint density at radius 2 is 1.13 bits per heavy atom. The maximum Gasteiger partial charge on any atom is 0.325 e. The van der Waals surface area contributed by atoms with E-state index in [2.05, 4.69) is 4.85 Å². The number of carbonyl (C=O) groups excluding carboxylic acids is 1. The number of benzene rings is 4. The number of rotatable bonds is 15. The second kappa shape index (κ2) is 22.1. The number of hydrogen-bond donors (Lipinski definition) is 1. The number of carbonyl (C=O) groups is 2. The highest BCUT2D eigenvalue weighted by Crippen LogP contribution is 2.40. The average Bonchev–Trinajstić information content (AvgIpc) is 3.79. The van der Waals surface area contributed by atoms with E-state index in [1.807, 2.05) is 90.4 Å². The number of aliphatic carboxylic acids is 1. The maximum absolute atomic E-state index is 13.4. The predicted octanol–water partition coefficient (Wildman–Crippen LogP) is 7.35. The molecule has 4 aromatic carbocycles. The molecule has 0 unspecified atom stereocenters. The number of morpholine rings is 2. The van der Waals surface area contributed by atoms with Crippen molar-refractivity contribution in [3.63, 3.8) is 0 Å². The summed E-state index contributed by atoms with van der Waals surface area (Å²) in [4.78, 5) is 28.3. The molecule has 2 aliphatic rings. The van der Waals surface area contributed by atoms with E-state index in [1.165, 1.54) is 8.61 Å². The SMILES string of the molecule is CCOC(=O)Cn1c(-c2ccccc2)cc(Cc2ccccc2S(=O)(=O)N2CCOCC2)c1C.[C-]#[N+]c1c(Cc2ccccc2S(=O)(=O)N2CCOCC2)c(C)n(CC(=O)O)c1-c1ccccc1. The van der Waals surface area contributed by atoms with Crippen molar-refractivity contribution in [3.05, 3.63) is 160 Å². The number of carboxylic acid groups (broad SMARTS) is 1. The number of hydrogen-bond acceptors (Lipinski definition) is 9. The third-order valence-corrected chi connectivity index (χ3v) is 16.1. The zero-order valence-corrected chi connectivity index (χ0v) is 40.0. The molecule has 0 aliphatic carbocycles. The van der Waals surface area contributed by atoms with Gasteiger partial charge in [-0.3, -0.25) is 9.59 Å².